The number of allylic oxidation sites excluding steroid dienone is 16. The van der Waals surface area contributed by atoms with Crippen molar-refractivity contribution in [2.24, 2.45) is 0 Å². The molecule has 6 nitrogen and oxygen atoms in total. The summed E-state index contributed by atoms with van der Waals surface area (Å²) in [7, 11) is 0. The first-order chi connectivity index (χ1) is 39.0. The Balaban J connectivity index is 4.42. The van der Waals surface area contributed by atoms with Crippen molar-refractivity contribution in [2.75, 3.05) is 13.2 Å². The minimum Gasteiger partial charge on any atom is -0.462 e. The van der Waals surface area contributed by atoms with Crippen molar-refractivity contribution in [3.05, 3.63) is 97.2 Å². The number of rotatable bonds is 61. The van der Waals surface area contributed by atoms with E-state index in [1.165, 1.54) is 173 Å². The summed E-state index contributed by atoms with van der Waals surface area (Å²) >= 11 is 0. The molecule has 0 amide bonds. The molecule has 0 radical (unpaired) electrons. The SMILES string of the molecule is CC/C=C\C/C=C\C/C=C\C/C=C\C/C=C\C/C=C\CCCCCCC(=O)OCC(COC(=O)CCCCCCCCCCCCCCCCCCCCC)OC(=O)CCCCCCCCCCC/C=C\C/C=C\CCCCC. The third kappa shape index (κ3) is 65.0. The highest BCUT2D eigenvalue weighted by molar-refractivity contribution is 5.71. The van der Waals surface area contributed by atoms with Crippen LogP contribution in [0.3, 0.4) is 0 Å². The molecular formula is C73H126O6. The maximum Gasteiger partial charge on any atom is 0.306 e. The van der Waals surface area contributed by atoms with Crippen LogP contribution in [0.25, 0.3) is 0 Å². The van der Waals surface area contributed by atoms with Gasteiger partial charge >= 0.3 is 17.9 Å². The second kappa shape index (κ2) is 66.8. The average Bonchev–Trinajstić information content (AvgIpc) is 3.45. The minimum absolute atomic E-state index is 0.0849. The molecule has 1 atom stereocenters. The lowest BCUT2D eigenvalue weighted by molar-refractivity contribution is -0.167. The highest BCUT2D eigenvalue weighted by atomic mass is 16.6. The van der Waals surface area contributed by atoms with Crippen molar-refractivity contribution in [3.63, 3.8) is 0 Å². The molecule has 0 N–H and O–H groups in total. The van der Waals surface area contributed by atoms with Gasteiger partial charge < -0.3 is 14.2 Å². The van der Waals surface area contributed by atoms with Gasteiger partial charge in [0.1, 0.15) is 13.2 Å². The third-order valence-electron chi connectivity index (χ3n) is 14.6. The zero-order valence-electron chi connectivity index (χ0n) is 52.1. The fourth-order valence-electron chi connectivity index (χ4n) is 9.54. The molecule has 0 aliphatic carbocycles. The van der Waals surface area contributed by atoms with Gasteiger partial charge in [-0.15, -0.1) is 0 Å². The highest BCUT2D eigenvalue weighted by Crippen LogP contribution is 2.17. The van der Waals surface area contributed by atoms with E-state index in [9.17, 15) is 14.4 Å². The normalized spacial score (nSPS) is 12.7. The van der Waals surface area contributed by atoms with E-state index >= 15 is 0 Å². The molecule has 0 heterocycles. The molecule has 0 aromatic rings. The molecule has 0 aromatic heterocycles. The van der Waals surface area contributed by atoms with Crippen molar-refractivity contribution >= 4 is 17.9 Å². The van der Waals surface area contributed by atoms with Crippen LogP contribution in [-0.2, 0) is 28.6 Å². The van der Waals surface area contributed by atoms with Gasteiger partial charge in [0.25, 0.3) is 0 Å². The molecule has 0 saturated carbocycles. The molecule has 0 fully saturated rings. The Kier molecular flexibility index (Phi) is 63.7. The van der Waals surface area contributed by atoms with Crippen LogP contribution in [0.15, 0.2) is 97.2 Å². The van der Waals surface area contributed by atoms with Crippen LogP contribution in [0.2, 0.25) is 0 Å². The second-order valence-corrected chi connectivity index (χ2v) is 22.4. The molecule has 0 aliphatic rings. The standard InChI is InChI=1S/C73H126O6/c1-4-7-10-13-16-19-22-25-28-31-34-35-36-37-40-42-45-48-51-54-57-60-63-66-72(75)78-69-70(79-73(76)67-64-61-58-55-52-49-46-43-39-33-30-27-24-21-18-15-12-9-6-3)68-77-71(74)65-62-59-56-53-50-47-44-41-38-32-29-26-23-20-17-14-11-8-5-2/h7,10,16,18-19,21,25,27-28,30,34-35,37,40,45,48,70H,4-6,8-9,11-15,17,20,22-24,26,29,31-33,36,38-39,41-44,46-47,49-69H2,1-3H3/b10-7-,19-16-,21-18-,28-25-,30-27-,35-34-,40-37-,48-45-. The lowest BCUT2D eigenvalue weighted by atomic mass is 10.0. The Bertz CT molecular complexity index is 1540. The largest absolute Gasteiger partial charge is 0.462 e. The molecule has 79 heavy (non-hydrogen) atoms. The van der Waals surface area contributed by atoms with Crippen LogP contribution in [0, 0.1) is 0 Å². The number of hydrogen-bond donors (Lipinski definition) is 0. The summed E-state index contributed by atoms with van der Waals surface area (Å²) in [6.45, 7) is 6.52. The zero-order valence-corrected chi connectivity index (χ0v) is 52.1. The quantitative estimate of drug-likeness (QED) is 0.0261. The summed E-state index contributed by atoms with van der Waals surface area (Å²) in [4.78, 5) is 38.4. The Labute approximate surface area is 489 Å². The van der Waals surface area contributed by atoms with Gasteiger partial charge in [0, 0.05) is 19.3 Å². The Hall–Kier alpha value is -3.67. The number of ether oxygens (including phenoxy) is 3. The molecule has 0 rings (SSSR count). The lowest BCUT2D eigenvalue weighted by Gasteiger charge is -2.18. The fraction of sp³-hybridized carbons (Fsp3) is 0.740. The molecule has 6 heteroatoms. The highest BCUT2D eigenvalue weighted by Gasteiger charge is 2.19. The van der Waals surface area contributed by atoms with Crippen molar-refractivity contribution in [3.8, 4) is 0 Å². The molecule has 454 valence electrons. The predicted molar refractivity (Wildman–Crippen MR) is 344 cm³/mol. The van der Waals surface area contributed by atoms with E-state index < -0.39 is 6.10 Å². The summed E-state index contributed by atoms with van der Waals surface area (Å²) < 4.78 is 17.0. The molecule has 0 bridgehead atoms. The summed E-state index contributed by atoms with van der Waals surface area (Å²) in [5, 5.41) is 0. The predicted octanol–water partition coefficient (Wildman–Crippen LogP) is 23.2. The van der Waals surface area contributed by atoms with Gasteiger partial charge in [-0.3, -0.25) is 14.4 Å². The number of carbonyl (C=O) groups excluding carboxylic acids is 3. The summed E-state index contributed by atoms with van der Waals surface area (Å²) in [5.41, 5.74) is 0. The molecule has 0 saturated heterocycles. The van der Waals surface area contributed by atoms with Crippen molar-refractivity contribution < 1.29 is 28.6 Å². The maximum absolute atomic E-state index is 12.9. The second-order valence-electron chi connectivity index (χ2n) is 22.4. The molecule has 0 aliphatic heterocycles. The molecule has 0 spiro atoms. The van der Waals surface area contributed by atoms with Gasteiger partial charge in [-0.1, -0.05) is 304 Å². The van der Waals surface area contributed by atoms with E-state index in [1.54, 1.807) is 0 Å². The van der Waals surface area contributed by atoms with E-state index in [1.807, 2.05) is 0 Å². The van der Waals surface area contributed by atoms with Gasteiger partial charge in [-0.25, -0.2) is 0 Å². The number of unbranched alkanes of at least 4 members (excludes halogenated alkanes) is 34. The topological polar surface area (TPSA) is 78.9 Å². The van der Waals surface area contributed by atoms with Crippen LogP contribution >= 0.6 is 0 Å². The third-order valence-corrected chi connectivity index (χ3v) is 14.6. The van der Waals surface area contributed by atoms with E-state index in [-0.39, 0.29) is 31.1 Å². The minimum atomic E-state index is -0.792. The Morgan fingerprint density at radius 2 is 0.494 bits per heavy atom. The maximum atomic E-state index is 12.9. The van der Waals surface area contributed by atoms with Gasteiger partial charge in [-0.05, 0) is 103 Å². The van der Waals surface area contributed by atoms with Crippen LogP contribution in [0.5, 0.6) is 0 Å². The number of hydrogen-bond acceptors (Lipinski definition) is 6. The molecule has 1 unspecified atom stereocenters. The van der Waals surface area contributed by atoms with Crippen LogP contribution in [-0.4, -0.2) is 37.2 Å². The first-order valence-electron chi connectivity index (χ1n) is 33.7. The van der Waals surface area contributed by atoms with Gasteiger partial charge in [-0.2, -0.15) is 0 Å². The van der Waals surface area contributed by atoms with Crippen molar-refractivity contribution in [2.45, 2.75) is 335 Å². The molecule has 0 aromatic carbocycles. The van der Waals surface area contributed by atoms with Gasteiger partial charge in [0.15, 0.2) is 6.10 Å². The van der Waals surface area contributed by atoms with E-state index in [0.717, 1.165) is 116 Å². The fourth-order valence-corrected chi connectivity index (χ4v) is 9.54. The Morgan fingerprint density at radius 3 is 0.797 bits per heavy atom. The van der Waals surface area contributed by atoms with E-state index in [0.29, 0.717) is 19.3 Å². The van der Waals surface area contributed by atoms with Crippen LogP contribution < -0.4 is 0 Å². The van der Waals surface area contributed by atoms with Gasteiger partial charge in [0.05, 0.1) is 0 Å². The van der Waals surface area contributed by atoms with E-state index in [2.05, 4.69) is 118 Å². The summed E-state index contributed by atoms with van der Waals surface area (Å²) in [5.74, 6) is -0.900. The molecular weight excluding hydrogens is 973 g/mol. The van der Waals surface area contributed by atoms with E-state index in [4.69, 9.17) is 14.2 Å². The zero-order chi connectivity index (χ0) is 57.1. The number of esters is 3. The van der Waals surface area contributed by atoms with Crippen molar-refractivity contribution in [1.82, 2.24) is 0 Å². The summed E-state index contributed by atoms with van der Waals surface area (Å²) in [6, 6.07) is 0. The van der Waals surface area contributed by atoms with Crippen molar-refractivity contribution in [1.29, 1.82) is 0 Å². The Morgan fingerprint density at radius 1 is 0.266 bits per heavy atom. The first-order valence-corrected chi connectivity index (χ1v) is 33.7. The number of carbonyl (C=O) groups is 3. The monoisotopic (exact) mass is 1100 g/mol. The van der Waals surface area contributed by atoms with Crippen LogP contribution in [0.4, 0.5) is 0 Å². The lowest BCUT2D eigenvalue weighted by Crippen LogP contribution is -2.30. The van der Waals surface area contributed by atoms with Gasteiger partial charge in [0.2, 0.25) is 0 Å². The average molecular weight is 1100 g/mol. The first kappa shape index (κ1) is 75.3. The smallest absolute Gasteiger partial charge is 0.306 e. The summed E-state index contributed by atoms with van der Waals surface area (Å²) in [6.07, 6.45) is 89.8. The van der Waals surface area contributed by atoms with Crippen LogP contribution in [0.1, 0.15) is 329 Å².